The van der Waals surface area contributed by atoms with E-state index in [9.17, 15) is 9.18 Å². The lowest BCUT2D eigenvalue weighted by Gasteiger charge is -1.94. The summed E-state index contributed by atoms with van der Waals surface area (Å²) in [5.74, 6) is -0.432. The number of halogens is 2. The van der Waals surface area contributed by atoms with Crippen molar-refractivity contribution in [2.75, 3.05) is 0 Å². The number of rotatable bonds is 4. The van der Waals surface area contributed by atoms with Crippen LogP contribution >= 0.6 is 11.6 Å². The van der Waals surface area contributed by atoms with Crippen molar-refractivity contribution in [1.82, 2.24) is 19.9 Å². The van der Waals surface area contributed by atoms with E-state index >= 15 is 0 Å². The molecule has 0 bridgehead atoms. The van der Waals surface area contributed by atoms with Crippen LogP contribution < -0.4 is 5.76 Å². The van der Waals surface area contributed by atoms with E-state index < -0.39 is 11.6 Å². The highest BCUT2D eigenvalue weighted by Gasteiger charge is 2.14. The first-order chi connectivity index (χ1) is 12.6. The molecule has 2 aromatic heterocycles. The fraction of sp³-hybridized carbons (Fsp3) is 0.0588. The van der Waals surface area contributed by atoms with Crippen LogP contribution in [0.2, 0.25) is 5.02 Å². The average Bonchev–Trinajstić information content (AvgIpc) is 3.24. The van der Waals surface area contributed by atoms with Gasteiger partial charge in [0.2, 0.25) is 5.89 Å². The van der Waals surface area contributed by atoms with Crippen LogP contribution in [0.3, 0.4) is 0 Å². The van der Waals surface area contributed by atoms with Crippen molar-refractivity contribution < 1.29 is 13.3 Å². The first kappa shape index (κ1) is 16.2. The molecule has 0 radical (unpaired) electrons. The van der Waals surface area contributed by atoms with Gasteiger partial charge in [0.15, 0.2) is 5.82 Å². The summed E-state index contributed by atoms with van der Waals surface area (Å²) in [6.45, 7) is -0.0272. The largest absolute Gasteiger partial charge is 0.437 e. The highest BCUT2D eigenvalue weighted by Crippen LogP contribution is 2.20. The van der Waals surface area contributed by atoms with Gasteiger partial charge in [-0.15, -0.1) is 5.10 Å². The number of benzene rings is 2. The Balaban J connectivity index is 1.57. The topological polar surface area (TPSA) is 87.0 Å². The summed E-state index contributed by atoms with van der Waals surface area (Å²) >= 11 is 5.85. The van der Waals surface area contributed by atoms with Gasteiger partial charge in [-0.05, 0) is 48.5 Å². The van der Waals surface area contributed by atoms with E-state index in [1.165, 1.54) is 24.3 Å². The van der Waals surface area contributed by atoms with Crippen LogP contribution in [0.15, 0.2) is 62.3 Å². The van der Waals surface area contributed by atoms with Gasteiger partial charge in [-0.3, -0.25) is 0 Å². The molecule has 4 aromatic rings. The maximum absolute atomic E-state index is 13.0. The van der Waals surface area contributed by atoms with E-state index in [0.717, 1.165) is 4.68 Å². The first-order valence-electron chi connectivity index (χ1n) is 7.51. The minimum atomic E-state index is -0.679. The minimum absolute atomic E-state index is 0.0272. The number of hydrogen-bond acceptors (Lipinski definition) is 6. The van der Waals surface area contributed by atoms with Crippen LogP contribution in [-0.2, 0) is 6.54 Å². The molecule has 130 valence electrons. The van der Waals surface area contributed by atoms with E-state index in [-0.39, 0.29) is 18.3 Å². The van der Waals surface area contributed by atoms with Crippen LogP contribution in [-0.4, -0.2) is 19.9 Å². The van der Waals surface area contributed by atoms with Crippen molar-refractivity contribution in [3.63, 3.8) is 0 Å². The average molecular weight is 373 g/mol. The zero-order valence-corrected chi connectivity index (χ0v) is 13.9. The number of aromatic nitrogens is 4. The molecule has 26 heavy (non-hydrogen) atoms. The van der Waals surface area contributed by atoms with E-state index in [1.807, 2.05) is 0 Å². The van der Waals surface area contributed by atoms with Crippen LogP contribution in [0.25, 0.3) is 22.9 Å². The molecule has 0 spiro atoms. The zero-order chi connectivity index (χ0) is 18.1. The van der Waals surface area contributed by atoms with Crippen LogP contribution in [0.5, 0.6) is 0 Å². The summed E-state index contributed by atoms with van der Waals surface area (Å²) in [6.07, 6.45) is 0. The maximum atomic E-state index is 13.0. The molecule has 0 aliphatic heterocycles. The van der Waals surface area contributed by atoms with Gasteiger partial charge < -0.3 is 8.94 Å². The molecule has 0 aliphatic rings. The van der Waals surface area contributed by atoms with Gasteiger partial charge in [0.25, 0.3) is 5.89 Å². The van der Waals surface area contributed by atoms with Crippen LogP contribution in [0.1, 0.15) is 5.82 Å². The van der Waals surface area contributed by atoms with Gasteiger partial charge in [0.1, 0.15) is 12.4 Å². The van der Waals surface area contributed by atoms with E-state index in [4.69, 9.17) is 20.5 Å². The summed E-state index contributed by atoms with van der Waals surface area (Å²) in [6, 6.07) is 12.4. The Morgan fingerprint density at radius 2 is 1.65 bits per heavy atom. The van der Waals surface area contributed by atoms with Crippen molar-refractivity contribution in [2.45, 2.75) is 6.54 Å². The SMILES string of the molecule is O=c1oc(-c2ccc(F)cc2)nn1Cc1noc(-c2ccc(Cl)cc2)n1. The third-order valence-electron chi connectivity index (χ3n) is 3.55. The Hall–Kier alpha value is -3.26. The second kappa shape index (κ2) is 6.57. The van der Waals surface area contributed by atoms with Gasteiger partial charge >= 0.3 is 5.76 Å². The molecule has 2 aromatic carbocycles. The monoisotopic (exact) mass is 372 g/mol. The standard InChI is InChI=1S/C17H10ClFN4O3/c18-12-5-1-10(2-6-12)15-20-14(22-26-15)9-23-17(24)25-16(21-23)11-3-7-13(19)8-4-11/h1-8H,9H2. The van der Waals surface area contributed by atoms with Crippen molar-refractivity contribution in [2.24, 2.45) is 0 Å². The summed E-state index contributed by atoms with van der Waals surface area (Å²) in [5.41, 5.74) is 1.19. The fourth-order valence-electron chi connectivity index (χ4n) is 2.28. The third kappa shape index (κ3) is 3.27. The van der Waals surface area contributed by atoms with Gasteiger partial charge in [0.05, 0.1) is 0 Å². The first-order valence-corrected chi connectivity index (χ1v) is 7.89. The maximum Gasteiger partial charge on any atom is 0.437 e. The lowest BCUT2D eigenvalue weighted by Crippen LogP contribution is -2.17. The Labute approximate surface area is 150 Å². The third-order valence-corrected chi connectivity index (χ3v) is 3.80. The molecular formula is C17H10ClFN4O3. The summed E-state index contributed by atoms with van der Waals surface area (Å²) in [7, 11) is 0. The molecule has 0 saturated heterocycles. The second-order valence-electron chi connectivity index (χ2n) is 5.36. The van der Waals surface area contributed by atoms with E-state index in [1.54, 1.807) is 24.3 Å². The summed E-state index contributed by atoms with van der Waals surface area (Å²) in [4.78, 5) is 16.2. The molecule has 0 unspecified atom stereocenters. The van der Waals surface area contributed by atoms with Gasteiger partial charge in [-0.1, -0.05) is 16.8 Å². The molecule has 2 heterocycles. The predicted octanol–water partition coefficient (Wildman–Crippen LogP) is 3.39. The molecular weight excluding hydrogens is 363 g/mol. The lowest BCUT2D eigenvalue weighted by molar-refractivity contribution is 0.415. The van der Waals surface area contributed by atoms with Gasteiger partial charge in [-0.25, -0.2) is 9.18 Å². The highest BCUT2D eigenvalue weighted by molar-refractivity contribution is 6.30. The van der Waals surface area contributed by atoms with Crippen molar-refractivity contribution in [3.05, 3.63) is 75.7 Å². The highest BCUT2D eigenvalue weighted by atomic mass is 35.5. The molecule has 4 rings (SSSR count). The minimum Gasteiger partial charge on any atom is -0.388 e. The van der Waals surface area contributed by atoms with E-state index in [2.05, 4.69) is 15.2 Å². The lowest BCUT2D eigenvalue weighted by atomic mass is 10.2. The van der Waals surface area contributed by atoms with Crippen molar-refractivity contribution >= 4 is 11.6 Å². The number of nitrogens with zero attached hydrogens (tertiary/aromatic N) is 4. The normalized spacial score (nSPS) is 11.0. The Morgan fingerprint density at radius 1 is 1.00 bits per heavy atom. The molecule has 0 amide bonds. The van der Waals surface area contributed by atoms with Gasteiger partial charge in [-0.2, -0.15) is 9.67 Å². The molecule has 0 aliphatic carbocycles. The van der Waals surface area contributed by atoms with Gasteiger partial charge in [0, 0.05) is 16.1 Å². The van der Waals surface area contributed by atoms with Crippen molar-refractivity contribution in [1.29, 1.82) is 0 Å². The molecule has 7 nitrogen and oxygen atoms in total. The Bertz CT molecular complexity index is 1100. The van der Waals surface area contributed by atoms with E-state index in [0.29, 0.717) is 22.0 Å². The summed E-state index contributed by atoms with van der Waals surface area (Å²) in [5, 5.41) is 8.50. The molecule has 0 N–H and O–H groups in total. The Morgan fingerprint density at radius 3 is 2.38 bits per heavy atom. The predicted molar refractivity (Wildman–Crippen MR) is 90.0 cm³/mol. The summed E-state index contributed by atoms with van der Waals surface area (Å²) < 4.78 is 24.3. The molecule has 9 heteroatoms. The molecule has 0 fully saturated rings. The van der Waals surface area contributed by atoms with Crippen molar-refractivity contribution in [3.8, 4) is 22.9 Å². The second-order valence-corrected chi connectivity index (χ2v) is 5.80. The zero-order valence-electron chi connectivity index (χ0n) is 13.1. The van der Waals surface area contributed by atoms with Crippen LogP contribution in [0.4, 0.5) is 4.39 Å². The Kier molecular flexibility index (Phi) is 4.10. The van der Waals surface area contributed by atoms with Crippen LogP contribution in [0, 0.1) is 5.82 Å². The molecule has 0 atom stereocenters. The quantitative estimate of drug-likeness (QED) is 0.545. The smallest absolute Gasteiger partial charge is 0.388 e. The fourth-order valence-corrected chi connectivity index (χ4v) is 2.40. The number of hydrogen-bond donors (Lipinski definition) is 0. The molecule has 0 saturated carbocycles.